The average molecular weight is 468 g/mol. The van der Waals surface area contributed by atoms with Crippen LogP contribution in [0.25, 0.3) is 17.0 Å². The third-order valence-corrected chi connectivity index (χ3v) is 5.65. The molecule has 0 saturated carbocycles. The van der Waals surface area contributed by atoms with Gasteiger partial charge in [0.05, 0.1) is 25.8 Å². The Kier molecular flexibility index (Phi) is 6.40. The summed E-state index contributed by atoms with van der Waals surface area (Å²) in [6, 6.07) is 8.30. The van der Waals surface area contributed by atoms with E-state index in [0.29, 0.717) is 34.7 Å². The van der Waals surface area contributed by atoms with Crippen LogP contribution >= 0.6 is 0 Å². The fraction of sp³-hybridized carbons (Fsp3) is 0.292. The van der Waals surface area contributed by atoms with Crippen molar-refractivity contribution in [1.29, 1.82) is 0 Å². The van der Waals surface area contributed by atoms with E-state index in [0.717, 1.165) is 6.42 Å². The van der Waals surface area contributed by atoms with Crippen LogP contribution < -0.4 is 14.8 Å². The van der Waals surface area contributed by atoms with Crippen molar-refractivity contribution in [3.8, 4) is 28.6 Å². The van der Waals surface area contributed by atoms with Crippen LogP contribution in [0.1, 0.15) is 37.8 Å². The second-order valence-electron chi connectivity index (χ2n) is 7.74. The van der Waals surface area contributed by atoms with Gasteiger partial charge in [-0.15, -0.1) is 0 Å². The smallest absolute Gasteiger partial charge is 0.322 e. The monoisotopic (exact) mass is 468 g/mol. The number of aromatic hydroxyl groups is 1. The molecule has 1 atom stereocenters. The standard InChI is InChI=1S/C24H25FN4O5/c1-5-10-29-13(2)20(21(26-24(29)31)14-6-9-19(33-4)17(30)12-14)23-27-22(28-34-23)15-7-8-18(32-3)16(25)11-15/h6-9,11-12,21,30H,5,10H2,1-4H3,(H,26,31). The Bertz CT molecular complexity index is 1260. The van der Waals surface area contributed by atoms with Crippen molar-refractivity contribution in [3.63, 3.8) is 0 Å². The number of phenols is 1. The number of allylic oxidation sites excluding steroid dienone is 1. The van der Waals surface area contributed by atoms with Gasteiger partial charge in [0.1, 0.15) is 0 Å². The van der Waals surface area contributed by atoms with Crippen molar-refractivity contribution >= 4 is 11.6 Å². The maximum atomic E-state index is 14.2. The van der Waals surface area contributed by atoms with Gasteiger partial charge in [-0.05, 0) is 49.2 Å². The summed E-state index contributed by atoms with van der Waals surface area (Å²) >= 11 is 0. The lowest BCUT2D eigenvalue weighted by atomic mass is 9.94. The van der Waals surface area contributed by atoms with Gasteiger partial charge in [0, 0.05) is 17.8 Å². The molecule has 9 nitrogen and oxygen atoms in total. The van der Waals surface area contributed by atoms with Crippen molar-refractivity contribution in [2.75, 3.05) is 20.8 Å². The first-order valence-electron chi connectivity index (χ1n) is 10.7. The number of carbonyl (C=O) groups is 1. The molecule has 0 bridgehead atoms. The van der Waals surface area contributed by atoms with E-state index in [2.05, 4.69) is 15.5 Å². The normalized spacial score (nSPS) is 16.0. The van der Waals surface area contributed by atoms with E-state index in [1.54, 1.807) is 30.0 Å². The summed E-state index contributed by atoms with van der Waals surface area (Å²) in [6.45, 7) is 4.26. The van der Waals surface area contributed by atoms with Crippen LogP contribution in [-0.4, -0.2) is 46.9 Å². The maximum Gasteiger partial charge on any atom is 0.322 e. The van der Waals surface area contributed by atoms with E-state index in [1.165, 1.54) is 32.4 Å². The summed E-state index contributed by atoms with van der Waals surface area (Å²) < 4.78 is 29.9. The predicted octanol–water partition coefficient (Wildman–Crippen LogP) is 4.51. The van der Waals surface area contributed by atoms with E-state index in [9.17, 15) is 14.3 Å². The SMILES string of the molecule is CCCN1C(=O)NC(c2ccc(OC)c(O)c2)C(c2nc(-c3ccc(OC)c(F)c3)no2)=C1C. The molecule has 0 spiro atoms. The van der Waals surface area contributed by atoms with Crippen LogP contribution in [0.3, 0.4) is 0 Å². The highest BCUT2D eigenvalue weighted by Crippen LogP contribution is 2.40. The van der Waals surface area contributed by atoms with Crippen LogP contribution in [0.15, 0.2) is 46.6 Å². The molecular weight excluding hydrogens is 443 g/mol. The van der Waals surface area contributed by atoms with Gasteiger partial charge in [0.2, 0.25) is 5.82 Å². The largest absolute Gasteiger partial charge is 0.504 e. The van der Waals surface area contributed by atoms with Crippen LogP contribution in [0.4, 0.5) is 9.18 Å². The summed E-state index contributed by atoms with van der Waals surface area (Å²) in [5, 5.41) is 17.3. The molecule has 10 heteroatoms. The topological polar surface area (TPSA) is 110 Å². The number of methoxy groups -OCH3 is 2. The Hall–Kier alpha value is -4.08. The molecule has 0 aliphatic carbocycles. The van der Waals surface area contributed by atoms with Gasteiger partial charge in [0.15, 0.2) is 23.1 Å². The van der Waals surface area contributed by atoms with Gasteiger partial charge in [0.25, 0.3) is 5.89 Å². The number of hydrogen-bond donors (Lipinski definition) is 2. The van der Waals surface area contributed by atoms with E-state index in [4.69, 9.17) is 14.0 Å². The molecule has 0 radical (unpaired) electrons. The van der Waals surface area contributed by atoms with Crippen molar-refractivity contribution < 1.29 is 28.3 Å². The molecule has 1 aliphatic rings. The quantitative estimate of drug-likeness (QED) is 0.525. The number of aromatic nitrogens is 2. The number of ether oxygens (including phenoxy) is 2. The summed E-state index contributed by atoms with van der Waals surface area (Å²) in [4.78, 5) is 19.0. The van der Waals surface area contributed by atoms with Gasteiger partial charge < -0.3 is 24.4 Å². The third kappa shape index (κ3) is 4.14. The number of urea groups is 1. The number of nitrogens with zero attached hydrogens (tertiary/aromatic N) is 3. The highest BCUT2D eigenvalue weighted by Gasteiger charge is 2.35. The molecule has 178 valence electrons. The van der Waals surface area contributed by atoms with Crippen LogP contribution in [-0.2, 0) is 0 Å². The Morgan fingerprint density at radius 1 is 1.18 bits per heavy atom. The molecule has 2 aromatic carbocycles. The van der Waals surface area contributed by atoms with E-state index in [-0.39, 0.29) is 29.2 Å². The first-order chi connectivity index (χ1) is 16.4. The lowest BCUT2D eigenvalue weighted by Crippen LogP contribution is -2.46. The molecule has 2 amide bonds. The zero-order chi connectivity index (χ0) is 24.4. The first kappa shape index (κ1) is 23.1. The Balaban J connectivity index is 1.80. The lowest BCUT2D eigenvalue weighted by Gasteiger charge is -2.35. The molecule has 1 unspecified atom stereocenters. The Labute approximate surface area is 195 Å². The zero-order valence-corrected chi connectivity index (χ0v) is 19.3. The number of hydrogen-bond acceptors (Lipinski definition) is 7. The third-order valence-electron chi connectivity index (χ3n) is 5.65. The first-order valence-corrected chi connectivity index (χ1v) is 10.7. The molecule has 4 rings (SSSR count). The second kappa shape index (κ2) is 9.42. The number of nitrogens with one attached hydrogen (secondary N) is 1. The minimum absolute atomic E-state index is 0.0674. The molecule has 0 fully saturated rings. The minimum atomic E-state index is -0.668. The van der Waals surface area contributed by atoms with Crippen LogP contribution in [0.2, 0.25) is 0 Å². The number of carbonyl (C=O) groups excluding carboxylic acids is 1. The maximum absolute atomic E-state index is 14.2. The number of halogens is 1. The highest BCUT2D eigenvalue weighted by atomic mass is 19.1. The van der Waals surface area contributed by atoms with Gasteiger partial charge in [-0.25, -0.2) is 9.18 Å². The molecule has 2 heterocycles. The van der Waals surface area contributed by atoms with Crippen LogP contribution in [0.5, 0.6) is 17.2 Å². The number of rotatable bonds is 7. The van der Waals surface area contributed by atoms with Gasteiger partial charge in [-0.2, -0.15) is 4.98 Å². The van der Waals surface area contributed by atoms with Gasteiger partial charge in [-0.1, -0.05) is 18.1 Å². The Morgan fingerprint density at radius 2 is 1.91 bits per heavy atom. The molecule has 3 aromatic rings. The second-order valence-corrected chi connectivity index (χ2v) is 7.74. The van der Waals surface area contributed by atoms with Gasteiger partial charge in [-0.3, -0.25) is 4.90 Å². The van der Waals surface area contributed by atoms with E-state index < -0.39 is 11.9 Å². The van der Waals surface area contributed by atoms with Crippen LogP contribution in [0, 0.1) is 5.82 Å². The Morgan fingerprint density at radius 3 is 2.56 bits per heavy atom. The predicted molar refractivity (Wildman–Crippen MR) is 122 cm³/mol. The van der Waals surface area contributed by atoms with Crippen molar-refractivity contribution in [2.24, 2.45) is 0 Å². The molecule has 1 aromatic heterocycles. The summed E-state index contributed by atoms with van der Waals surface area (Å²) in [5.74, 6) is 0.157. The van der Waals surface area contributed by atoms with E-state index in [1.807, 2.05) is 6.92 Å². The number of amides is 2. The number of benzene rings is 2. The molecule has 2 N–H and O–H groups in total. The molecule has 0 saturated heterocycles. The summed E-state index contributed by atoms with van der Waals surface area (Å²) in [5.41, 5.74) is 2.23. The molecule has 34 heavy (non-hydrogen) atoms. The van der Waals surface area contributed by atoms with Crippen molar-refractivity contribution in [2.45, 2.75) is 26.3 Å². The van der Waals surface area contributed by atoms with Crippen molar-refractivity contribution in [1.82, 2.24) is 20.4 Å². The minimum Gasteiger partial charge on any atom is -0.504 e. The summed E-state index contributed by atoms with van der Waals surface area (Å²) in [7, 11) is 2.84. The molecule has 1 aliphatic heterocycles. The van der Waals surface area contributed by atoms with E-state index >= 15 is 0 Å². The average Bonchev–Trinajstić information content (AvgIpc) is 3.31. The van der Waals surface area contributed by atoms with Gasteiger partial charge >= 0.3 is 6.03 Å². The molecular formula is C24H25FN4O5. The number of phenolic OH excluding ortho intramolecular Hbond substituents is 1. The summed E-state index contributed by atoms with van der Waals surface area (Å²) in [6.07, 6.45) is 0.742. The highest BCUT2D eigenvalue weighted by molar-refractivity contribution is 5.87. The van der Waals surface area contributed by atoms with Crippen molar-refractivity contribution in [3.05, 3.63) is 59.4 Å². The lowest BCUT2D eigenvalue weighted by molar-refractivity contribution is 0.205. The fourth-order valence-corrected chi connectivity index (χ4v) is 3.94. The fourth-order valence-electron chi connectivity index (χ4n) is 3.94. The zero-order valence-electron chi connectivity index (χ0n) is 19.3.